The monoisotopic (exact) mass is 367 g/mol. The second-order valence-electron chi connectivity index (χ2n) is 6.51. The zero-order valence-electron chi connectivity index (χ0n) is 14.9. The molecule has 0 bridgehead atoms. The van der Waals surface area contributed by atoms with Gasteiger partial charge in [-0.1, -0.05) is 0 Å². The summed E-state index contributed by atoms with van der Waals surface area (Å²) in [6, 6.07) is 6.03. The molecule has 0 unspecified atom stereocenters. The molecule has 0 aliphatic carbocycles. The minimum absolute atomic E-state index is 0.0520. The summed E-state index contributed by atoms with van der Waals surface area (Å²) in [5, 5.41) is 0. The minimum atomic E-state index is -3.27. The van der Waals surface area contributed by atoms with E-state index in [-0.39, 0.29) is 16.7 Å². The standard InChI is InChI=1S/C17H25N3O4S/c1-18(2)16(21)13-19-9-4-10-20(12-11-19)17(22)14-5-7-15(8-6-14)25(3,23)24/h5-8H,4,9-13H2,1-3H3. The molecule has 1 aliphatic heterocycles. The third-order valence-electron chi connectivity index (χ3n) is 4.26. The van der Waals surface area contributed by atoms with Crippen LogP contribution < -0.4 is 0 Å². The van der Waals surface area contributed by atoms with Crippen LogP contribution in [-0.2, 0) is 14.6 Å². The summed E-state index contributed by atoms with van der Waals surface area (Å²) in [7, 11) is 0.195. The summed E-state index contributed by atoms with van der Waals surface area (Å²) in [6.07, 6.45) is 1.94. The Morgan fingerprint density at radius 3 is 2.24 bits per heavy atom. The summed E-state index contributed by atoms with van der Waals surface area (Å²) in [4.78, 5) is 30.0. The molecule has 1 fully saturated rings. The molecule has 0 radical (unpaired) electrons. The fraction of sp³-hybridized carbons (Fsp3) is 0.529. The van der Waals surface area contributed by atoms with E-state index in [1.165, 1.54) is 12.1 Å². The minimum Gasteiger partial charge on any atom is -0.348 e. The lowest BCUT2D eigenvalue weighted by Crippen LogP contribution is -2.39. The molecule has 1 aliphatic rings. The van der Waals surface area contributed by atoms with Crippen molar-refractivity contribution in [3.63, 3.8) is 0 Å². The molecule has 25 heavy (non-hydrogen) atoms. The molecule has 0 atom stereocenters. The Morgan fingerprint density at radius 1 is 1.04 bits per heavy atom. The molecule has 1 heterocycles. The van der Waals surface area contributed by atoms with Gasteiger partial charge in [-0.05, 0) is 30.7 Å². The van der Waals surface area contributed by atoms with Crippen LogP contribution in [0.4, 0.5) is 0 Å². The lowest BCUT2D eigenvalue weighted by atomic mass is 10.2. The Labute approximate surface area is 149 Å². The lowest BCUT2D eigenvalue weighted by molar-refractivity contribution is -0.129. The van der Waals surface area contributed by atoms with E-state index in [1.807, 2.05) is 0 Å². The maximum Gasteiger partial charge on any atom is 0.253 e. The first kappa shape index (κ1) is 19.4. The van der Waals surface area contributed by atoms with Gasteiger partial charge in [0.05, 0.1) is 11.4 Å². The third-order valence-corrected chi connectivity index (χ3v) is 5.39. The van der Waals surface area contributed by atoms with Crippen molar-refractivity contribution >= 4 is 21.7 Å². The first-order valence-electron chi connectivity index (χ1n) is 8.20. The fourth-order valence-electron chi connectivity index (χ4n) is 2.69. The first-order valence-corrected chi connectivity index (χ1v) is 10.1. The van der Waals surface area contributed by atoms with Crippen LogP contribution in [0.25, 0.3) is 0 Å². The van der Waals surface area contributed by atoms with E-state index in [0.717, 1.165) is 19.2 Å². The van der Waals surface area contributed by atoms with Crippen molar-refractivity contribution in [2.24, 2.45) is 0 Å². The predicted octanol–water partition coefficient (Wildman–Crippen LogP) is 0.326. The SMILES string of the molecule is CN(C)C(=O)CN1CCCN(C(=O)c2ccc(S(C)(=O)=O)cc2)CC1. The summed E-state index contributed by atoms with van der Waals surface area (Å²) >= 11 is 0. The summed E-state index contributed by atoms with van der Waals surface area (Å²) in [6.45, 7) is 2.95. The van der Waals surface area contributed by atoms with Gasteiger partial charge < -0.3 is 9.80 Å². The summed E-state index contributed by atoms with van der Waals surface area (Å²) in [5.41, 5.74) is 0.477. The highest BCUT2D eigenvalue weighted by atomic mass is 32.2. The van der Waals surface area contributed by atoms with Crippen molar-refractivity contribution in [3.8, 4) is 0 Å². The summed E-state index contributed by atoms with van der Waals surface area (Å²) in [5.74, 6) is -0.0584. The molecule has 7 nitrogen and oxygen atoms in total. The number of nitrogens with zero attached hydrogens (tertiary/aromatic N) is 3. The normalized spacial score (nSPS) is 16.4. The zero-order chi connectivity index (χ0) is 18.6. The number of hydrogen-bond donors (Lipinski definition) is 0. The number of carbonyl (C=O) groups is 2. The Morgan fingerprint density at radius 2 is 1.68 bits per heavy atom. The Balaban J connectivity index is 2.00. The van der Waals surface area contributed by atoms with Crippen LogP contribution in [0.3, 0.4) is 0 Å². The maximum absolute atomic E-state index is 12.6. The molecule has 0 aromatic heterocycles. The van der Waals surface area contributed by atoms with Gasteiger partial charge in [-0.25, -0.2) is 8.42 Å². The molecule has 1 saturated heterocycles. The molecule has 0 saturated carbocycles. The van der Waals surface area contributed by atoms with E-state index in [4.69, 9.17) is 0 Å². The average Bonchev–Trinajstić information content (AvgIpc) is 2.79. The number of carbonyl (C=O) groups excluding carboxylic acids is 2. The number of rotatable bonds is 4. The van der Waals surface area contributed by atoms with Crippen molar-refractivity contribution in [1.29, 1.82) is 0 Å². The van der Waals surface area contributed by atoms with E-state index in [2.05, 4.69) is 4.90 Å². The Bertz CT molecular complexity index is 729. The largest absolute Gasteiger partial charge is 0.348 e. The van der Waals surface area contributed by atoms with Gasteiger partial charge in [0.2, 0.25) is 5.91 Å². The van der Waals surface area contributed by atoms with Gasteiger partial charge in [0.25, 0.3) is 5.91 Å². The number of benzene rings is 1. The van der Waals surface area contributed by atoms with Crippen molar-refractivity contribution < 1.29 is 18.0 Å². The van der Waals surface area contributed by atoms with Gasteiger partial charge in [0.1, 0.15) is 0 Å². The highest BCUT2D eigenvalue weighted by Gasteiger charge is 2.22. The number of hydrogen-bond acceptors (Lipinski definition) is 5. The topological polar surface area (TPSA) is 78.0 Å². The van der Waals surface area contributed by atoms with Crippen molar-refractivity contribution in [2.75, 3.05) is 53.1 Å². The maximum atomic E-state index is 12.6. The van der Waals surface area contributed by atoms with Crippen LogP contribution in [0, 0.1) is 0 Å². The highest BCUT2D eigenvalue weighted by Crippen LogP contribution is 2.13. The van der Waals surface area contributed by atoms with E-state index >= 15 is 0 Å². The Kier molecular flexibility index (Phi) is 6.18. The van der Waals surface area contributed by atoms with Crippen LogP contribution in [0.15, 0.2) is 29.2 Å². The van der Waals surface area contributed by atoms with Crippen LogP contribution in [-0.4, -0.2) is 88.0 Å². The molecule has 0 N–H and O–H groups in total. The lowest BCUT2D eigenvalue weighted by Gasteiger charge is -2.23. The second kappa shape index (κ2) is 7.97. The van der Waals surface area contributed by atoms with Gasteiger partial charge in [-0.3, -0.25) is 14.5 Å². The van der Waals surface area contributed by atoms with Crippen molar-refractivity contribution in [2.45, 2.75) is 11.3 Å². The molecular weight excluding hydrogens is 342 g/mol. The fourth-order valence-corrected chi connectivity index (χ4v) is 3.32. The molecular formula is C17H25N3O4S. The smallest absolute Gasteiger partial charge is 0.253 e. The molecule has 0 spiro atoms. The van der Waals surface area contributed by atoms with E-state index in [1.54, 1.807) is 36.0 Å². The van der Waals surface area contributed by atoms with Crippen molar-refractivity contribution in [1.82, 2.24) is 14.7 Å². The number of sulfone groups is 1. The van der Waals surface area contributed by atoms with Crippen LogP contribution in [0.5, 0.6) is 0 Å². The van der Waals surface area contributed by atoms with Gasteiger partial charge >= 0.3 is 0 Å². The number of likely N-dealkylation sites (N-methyl/N-ethyl adjacent to an activating group) is 1. The average molecular weight is 367 g/mol. The summed E-state index contributed by atoms with van der Waals surface area (Å²) < 4.78 is 23.0. The van der Waals surface area contributed by atoms with Crippen LogP contribution in [0.2, 0.25) is 0 Å². The zero-order valence-corrected chi connectivity index (χ0v) is 15.8. The predicted molar refractivity (Wildman–Crippen MR) is 95.2 cm³/mol. The van der Waals surface area contributed by atoms with E-state index in [9.17, 15) is 18.0 Å². The van der Waals surface area contributed by atoms with E-state index < -0.39 is 9.84 Å². The van der Waals surface area contributed by atoms with E-state index in [0.29, 0.717) is 31.7 Å². The van der Waals surface area contributed by atoms with Gasteiger partial charge in [0, 0.05) is 52.1 Å². The molecule has 2 amide bonds. The van der Waals surface area contributed by atoms with Crippen LogP contribution in [0.1, 0.15) is 16.8 Å². The third kappa shape index (κ3) is 5.27. The number of amides is 2. The second-order valence-corrected chi connectivity index (χ2v) is 8.52. The molecule has 1 aromatic carbocycles. The van der Waals surface area contributed by atoms with Gasteiger partial charge in [-0.15, -0.1) is 0 Å². The molecule has 2 rings (SSSR count). The molecule has 8 heteroatoms. The first-order chi connectivity index (χ1) is 11.7. The quantitative estimate of drug-likeness (QED) is 0.766. The van der Waals surface area contributed by atoms with Gasteiger partial charge in [-0.2, -0.15) is 0 Å². The van der Waals surface area contributed by atoms with Crippen molar-refractivity contribution in [3.05, 3.63) is 29.8 Å². The van der Waals surface area contributed by atoms with Crippen LogP contribution >= 0.6 is 0 Å². The molecule has 138 valence electrons. The molecule has 1 aromatic rings. The Hall–Kier alpha value is -1.93. The highest BCUT2D eigenvalue weighted by molar-refractivity contribution is 7.90. The van der Waals surface area contributed by atoms with Gasteiger partial charge in [0.15, 0.2) is 9.84 Å².